The predicted octanol–water partition coefficient (Wildman–Crippen LogP) is 0.0690. The van der Waals surface area contributed by atoms with Crippen LogP contribution in [-0.2, 0) is 4.74 Å². The van der Waals surface area contributed by atoms with Crippen molar-refractivity contribution in [3.8, 4) is 0 Å². The Morgan fingerprint density at radius 3 is 2.58 bits per heavy atom. The molecule has 0 saturated carbocycles. The molecule has 2 aliphatic rings. The molecular formula is C9H18N2O. The fraction of sp³-hybridized carbons (Fsp3) is 1.00. The lowest BCUT2D eigenvalue weighted by Crippen LogP contribution is -2.51. The van der Waals surface area contributed by atoms with Gasteiger partial charge in [0, 0.05) is 13.1 Å². The van der Waals surface area contributed by atoms with Crippen LogP contribution in [0.25, 0.3) is 0 Å². The van der Waals surface area contributed by atoms with E-state index in [-0.39, 0.29) is 0 Å². The maximum atomic E-state index is 7.40. The Bertz CT molecular complexity index is 165. The lowest BCUT2D eigenvalue weighted by Gasteiger charge is -2.39. The zero-order valence-corrected chi connectivity index (χ0v) is 7.70. The topological polar surface area (TPSA) is 24.5 Å². The van der Waals surface area contributed by atoms with Gasteiger partial charge in [0.15, 0.2) is 0 Å². The molecule has 0 amide bonds. The third kappa shape index (κ3) is 1.97. The summed E-state index contributed by atoms with van der Waals surface area (Å²) in [6.45, 7) is 3.91. The number of hydrogen-bond donors (Lipinski definition) is 1. The first-order valence-electron chi connectivity index (χ1n) is 5.26. The molecule has 0 aromatic carbocycles. The summed E-state index contributed by atoms with van der Waals surface area (Å²) in [6, 6.07) is 0. The predicted molar refractivity (Wildman–Crippen MR) is 48.3 cm³/mol. The van der Waals surface area contributed by atoms with Gasteiger partial charge in [-0.25, -0.2) is 0 Å². The van der Waals surface area contributed by atoms with Crippen LogP contribution >= 0.6 is 0 Å². The second-order valence-electron chi connectivity index (χ2n) is 3.85. The smallest absolute Gasteiger partial charge is 0.122 e. The van der Waals surface area contributed by atoms with Gasteiger partial charge in [-0.2, -0.15) is 0 Å². The Morgan fingerprint density at radius 1 is 1.33 bits per heavy atom. The zero-order chi connectivity index (χ0) is 9.26. The third-order valence-corrected chi connectivity index (χ3v) is 2.63. The Balaban J connectivity index is 1.65. The molecule has 2 rings (SSSR count). The van der Waals surface area contributed by atoms with E-state index >= 15 is 0 Å². The molecule has 0 aromatic rings. The third-order valence-electron chi connectivity index (χ3n) is 2.63. The number of rotatable bonds is 2. The van der Waals surface area contributed by atoms with Gasteiger partial charge in [-0.3, -0.25) is 0 Å². The van der Waals surface area contributed by atoms with Crippen molar-refractivity contribution >= 4 is 0 Å². The Kier molecular flexibility index (Phi) is 2.27. The molecule has 2 fully saturated rings. The monoisotopic (exact) mass is 171 g/mol. The molecule has 0 bridgehead atoms. The zero-order valence-electron chi connectivity index (χ0n) is 8.70. The van der Waals surface area contributed by atoms with Crippen LogP contribution in [0, 0.1) is 0 Å². The summed E-state index contributed by atoms with van der Waals surface area (Å²) in [5, 5.41) is 1.63. The van der Waals surface area contributed by atoms with Crippen LogP contribution in [0.4, 0.5) is 0 Å². The summed E-state index contributed by atoms with van der Waals surface area (Å²) in [5.41, 5.74) is 0. The SMILES string of the molecule is [2H]N1CCC(OC2CN(C)C2)CC1. The van der Waals surface area contributed by atoms with Gasteiger partial charge in [0.25, 0.3) is 0 Å². The Labute approximate surface area is 75.5 Å². The van der Waals surface area contributed by atoms with E-state index in [2.05, 4.69) is 11.9 Å². The molecule has 3 nitrogen and oxygen atoms in total. The maximum Gasteiger partial charge on any atom is 0.122 e. The van der Waals surface area contributed by atoms with Gasteiger partial charge in [0.2, 0.25) is 0 Å². The number of hydrogen-bond acceptors (Lipinski definition) is 3. The van der Waals surface area contributed by atoms with Crippen molar-refractivity contribution in [2.75, 3.05) is 33.2 Å². The van der Waals surface area contributed by atoms with Gasteiger partial charge < -0.3 is 14.9 Å². The molecule has 0 aliphatic carbocycles. The molecule has 0 unspecified atom stereocenters. The van der Waals surface area contributed by atoms with Crippen LogP contribution < -0.4 is 5.31 Å². The van der Waals surface area contributed by atoms with Crippen LogP contribution in [0.5, 0.6) is 0 Å². The van der Waals surface area contributed by atoms with Crippen molar-refractivity contribution in [2.45, 2.75) is 25.0 Å². The van der Waals surface area contributed by atoms with Crippen LogP contribution in [0.15, 0.2) is 0 Å². The quantitative estimate of drug-likeness (QED) is 0.636. The number of likely N-dealkylation sites (N-methyl/N-ethyl adjacent to an activating group) is 1. The molecule has 2 heterocycles. The molecule has 0 atom stereocenters. The minimum absolute atomic E-state index is 0.417. The fourth-order valence-corrected chi connectivity index (χ4v) is 1.86. The van der Waals surface area contributed by atoms with Gasteiger partial charge in [-0.05, 0) is 33.0 Å². The van der Waals surface area contributed by atoms with E-state index in [1.165, 1.54) is 0 Å². The minimum Gasteiger partial charge on any atom is -0.372 e. The molecule has 0 aromatic heterocycles. The molecular weight excluding hydrogens is 152 g/mol. The second kappa shape index (κ2) is 3.73. The average molecular weight is 171 g/mol. The summed E-state index contributed by atoms with van der Waals surface area (Å²) < 4.78 is 13.3. The first-order chi connectivity index (χ1) is 6.24. The van der Waals surface area contributed by atoms with Crippen molar-refractivity contribution in [2.24, 2.45) is 0 Å². The van der Waals surface area contributed by atoms with Crippen molar-refractivity contribution in [1.29, 1.82) is 0 Å². The first kappa shape index (κ1) is 7.30. The molecule has 2 aliphatic heterocycles. The number of ether oxygens (including phenoxy) is 1. The fourth-order valence-electron chi connectivity index (χ4n) is 1.86. The molecule has 2 saturated heterocycles. The lowest BCUT2D eigenvalue weighted by molar-refractivity contribution is -0.0916. The normalized spacial score (nSPS) is 31.6. The molecule has 1 N–H and O–H groups in total. The molecule has 70 valence electrons. The van der Waals surface area contributed by atoms with E-state index < -0.39 is 0 Å². The van der Waals surface area contributed by atoms with Crippen molar-refractivity contribution in [3.05, 3.63) is 0 Å². The lowest BCUT2D eigenvalue weighted by atomic mass is 10.1. The van der Waals surface area contributed by atoms with Crippen molar-refractivity contribution in [1.82, 2.24) is 10.2 Å². The number of piperidine rings is 1. The van der Waals surface area contributed by atoms with E-state index in [0.717, 1.165) is 39.0 Å². The van der Waals surface area contributed by atoms with Gasteiger partial charge in [0.1, 0.15) is 1.41 Å². The van der Waals surface area contributed by atoms with Crippen LogP contribution in [0.1, 0.15) is 12.8 Å². The number of likely N-dealkylation sites (tertiary alicyclic amines) is 1. The van der Waals surface area contributed by atoms with Crippen LogP contribution in [0.3, 0.4) is 0 Å². The van der Waals surface area contributed by atoms with E-state index in [9.17, 15) is 0 Å². The number of nitrogens with one attached hydrogen (secondary N) is 1. The van der Waals surface area contributed by atoms with Gasteiger partial charge >= 0.3 is 0 Å². The highest BCUT2D eigenvalue weighted by atomic mass is 16.5. The summed E-state index contributed by atoms with van der Waals surface area (Å²) in [6.07, 6.45) is 2.94. The number of nitrogens with zero attached hydrogens (tertiary/aromatic N) is 1. The summed E-state index contributed by atoms with van der Waals surface area (Å²) in [7, 11) is 2.12. The van der Waals surface area contributed by atoms with Gasteiger partial charge in [-0.15, -0.1) is 0 Å². The van der Waals surface area contributed by atoms with E-state index in [4.69, 9.17) is 6.15 Å². The highest BCUT2D eigenvalue weighted by Crippen LogP contribution is 2.15. The Morgan fingerprint density at radius 2 is 2.00 bits per heavy atom. The average Bonchev–Trinajstić information content (AvgIpc) is 2.06. The Hall–Kier alpha value is -0.120. The highest BCUT2D eigenvalue weighted by Gasteiger charge is 2.27. The highest BCUT2D eigenvalue weighted by molar-refractivity contribution is 4.80. The summed E-state index contributed by atoms with van der Waals surface area (Å²) in [4.78, 5) is 2.27. The molecule has 3 heteroatoms. The molecule has 0 radical (unpaired) electrons. The molecule has 0 spiro atoms. The van der Waals surface area contributed by atoms with Crippen LogP contribution in [-0.4, -0.2) is 50.3 Å². The van der Waals surface area contributed by atoms with Crippen LogP contribution in [0.2, 0.25) is 1.41 Å². The van der Waals surface area contributed by atoms with Crippen molar-refractivity contribution < 1.29 is 6.15 Å². The first-order valence-corrected chi connectivity index (χ1v) is 4.82. The van der Waals surface area contributed by atoms with E-state index in [1.807, 2.05) is 0 Å². The van der Waals surface area contributed by atoms with E-state index in [0.29, 0.717) is 12.2 Å². The van der Waals surface area contributed by atoms with Gasteiger partial charge in [-0.1, -0.05) is 0 Å². The maximum absolute atomic E-state index is 7.40. The standard InChI is InChI=1S/C9H18N2O/c1-11-6-9(7-11)12-8-2-4-10-5-3-8/h8-10H,2-7H2,1H3/i/hD. The van der Waals surface area contributed by atoms with Gasteiger partial charge in [0.05, 0.1) is 12.2 Å². The largest absolute Gasteiger partial charge is 0.372 e. The minimum atomic E-state index is 0.417. The second-order valence-corrected chi connectivity index (χ2v) is 3.85. The molecule has 12 heavy (non-hydrogen) atoms. The summed E-state index contributed by atoms with van der Waals surface area (Å²) in [5.74, 6) is 0. The van der Waals surface area contributed by atoms with Crippen molar-refractivity contribution in [3.63, 3.8) is 0 Å². The summed E-state index contributed by atoms with van der Waals surface area (Å²) >= 11 is 0. The van der Waals surface area contributed by atoms with E-state index in [1.54, 1.807) is 5.31 Å².